The van der Waals surface area contributed by atoms with Crippen LogP contribution in [0.3, 0.4) is 0 Å². The van der Waals surface area contributed by atoms with E-state index in [0.717, 1.165) is 24.1 Å². The minimum Gasteiger partial charge on any atom is -0.462 e. The van der Waals surface area contributed by atoms with Crippen LogP contribution < -0.4 is 5.32 Å². The number of piperidine rings is 1. The van der Waals surface area contributed by atoms with Crippen molar-refractivity contribution in [3.8, 4) is 0 Å². The normalized spacial score (nSPS) is 15.5. The molecular formula is C23H33N5O4. The van der Waals surface area contributed by atoms with Crippen molar-refractivity contribution in [2.45, 2.75) is 54.0 Å². The molecule has 1 saturated heterocycles. The highest BCUT2D eigenvalue weighted by molar-refractivity contribution is 6.00. The number of nitrogens with zero attached hydrogens (tertiary/aromatic N) is 2. The van der Waals surface area contributed by atoms with Crippen LogP contribution in [0.15, 0.2) is 6.20 Å². The summed E-state index contributed by atoms with van der Waals surface area (Å²) in [4.78, 5) is 42.8. The number of aryl methyl sites for hydroxylation is 2. The Bertz CT molecular complexity index is 985. The predicted molar refractivity (Wildman–Crippen MR) is 119 cm³/mol. The average Bonchev–Trinajstić information content (AvgIpc) is 3.32. The summed E-state index contributed by atoms with van der Waals surface area (Å²) in [5, 5.41) is 9.83. The molecule has 2 amide bonds. The lowest BCUT2D eigenvalue weighted by atomic mass is 9.84. The van der Waals surface area contributed by atoms with Crippen molar-refractivity contribution in [2.24, 2.45) is 11.8 Å². The SMILES string of the molecule is CCOC(=O)c1c(C)[nH]c(C(=O)N2CCC(C(C)C(=O)NCc3cn[nH]c3C)CC2)c1C. The van der Waals surface area contributed by atoms with E-state index in [1.54, 1.807) is 31.9 Å². The van der Waals surface area contributed by atoms with Crippen LogP contribution in [0.2, 0.25) is 0 Å². The highest BCUT2D eigenvalue weighted by Crippen LogP contribution is 2.27. The van der Waals surface area contributed by atoms with Gasteiger partial charge in [-0.15, -0.1) is 0 Å². The zero-order valence-electron chi connectivity index (χ0n) is 19.5. The van der Waals surface area contributed by atoms with Crippen LogP contribution in [-0.2, 0) is 16.1 Å². The van der Waals surface area contributed by atoms with Gasteiger partial charge in [-0.3, -0.25) is 14.7 Å². The third kappa shape index (κ3) is 4.87. The topological polar surface area (TPSA) is 120 Å². The maximum atomic E-state index is 13.1. The number of rotatable bonds is 7. The molecule has 0 bridgehead atoms. The molecule has 2 aromatic rings. The van der Waals surface area contributed by atoms with Gasteiger partial charge in [0.05, 0.1) is 18.4 Å². The molecule has 174 valence electrons. The molecule has 1 atom stereocenters. The highest BCUT2D eigenvalue weighted by atomic mass is 16.5. The third-order valence-electron chi connectivity index (χ3n) is 6.47. The summed E-state index contributed by atoms with van der Waals surface area (Å²) in [6.07, 6.45) is 3.24. The number of likely N-dealkylation sites (tertiary alicyclic amines) is 1. The van der Waals surface area contributed by atoms with Gasteiger partial charge < -0.3 is 19.9 Å². The largest absolute Gasteiger partial charge is 0.462 e. The quantitative estimate of drug-likeness (QED) is 0.568. The van der Waals surface area contributed by atoms with Gasteiger partial charge in [0.1, 0.15) is 5.69 Å². The molecule has 1 aliphatic heterocycles. The van der Waals surface area contributed by atoms with E-state index < -0.39 is 5.97 Å². The van der Waals surface area contributed by atoms with Crippen LogP contribution in [0.4, 0.5) is 0 Å². The van der Waals surface area contributed by atoms with Gasteiger partial charge in [0.2, 0.25) is 5.91 Å². The first-order valence-corrected chi connectivity index (χ1v) is 11.2. The van der Waals surface area contributed by atoms with Crippen molar-refractivity contribution in [3.05, 3.63) is 40.0 Å². The van der Waals surface area contributed by atoms with E-state index >= 15 is 0 Å². The summed E-state index contributed by atoms with van der Waals surface area (Å²) in [7, 11) is 0. The maximum Gasteiger partial charge on any atom is 0.340 e. The van der Waals surface area contributed by atoms with Gasteiger partial charge in [-0.2, -0.15) is 5.10 Å². The minimum absolute atomic E-state index is 0.0188. The van der Waals surface area contributed by atoms with Gasteiger partial charge in [-0.1, -0.05) is 6.92 Å². The van der Waals surface area contributed by atoms with Crippen LogP contribution in [0.5, 0.6) is 0 Å². The summed E-state index contributed by atoms with van der Waals surface area (Å²) in [6.45, 7) is 11.1. The van der Waals surface area contributed by atoms with Crippen molar-refractivity contribution >= 4 is 17.8 Å². The highest BCUT2D eigenvalue weighted by Gasteiger charge is 2.32. The van der Waals surface area contributed by atoms with Gasteiger partial charge in [0.25, 0.3) is 5.91 Å². The second kappa shape index (κ2) is 10.0. The van der Waals surface area contributed by atoms with E-state index in [2.05, 4.69) is 20.5 Å². The Labute approximate surface area is 188 Å². The first-order chi connectivity index (χ1) is 15.2. The van der Waals surface area contributed by atoms with Gasteiger partial charge in [0, 0.05) is 42.5 Å². The smallest absolute Gasteiger partial charge is 0.340 e. The zero-order valence-corrected chi connectivity index (χ0v) is 19.5. The number of esters is 1. The summed E-state index contributed by atoms with van der Waals surface area (Å²) in [5.41, 5.74) is 4.05. The second-order valence-electron chi connectivity index (χ2n) is 8.50. The molecule has 32 heavy (non-hydrogen) atoms. The number of carbonyl (C=O) groups excluding carboxylic acids is 3. The Hall–Kier alpha value is -3.10. The number of amides is 2. The number of nitrogens with one attached hydrogen (secondary N) is 3. The second-order valence-corrected chi connectivity index (χ2v) is 8.50. The van der Waals surface area contributed by atoms with Crippen LogP contribution in [0.25, 0.3) is 0 Å². The Kier molecular flexibility index (Phi) is 7.37. The van der Waals surface area contributed by atoms with Gasteiger partial charge >= 0.3 is 5.97 Å². The third-order valence-corrected chi connectivity index (χ3v) is 6.47. The van der Waals surface area contributed by atoms with Gasteiger partial charge in [0.15, 0.2) is 0 Å². The Balaban J connectivity index is 1.56. The number of hydrogen-bond donors (Lipinski definition) is 3. The van der Waals surface area contributed by atoms with Crippen LogP contribution in [0, 0.1) is 32.6 Å². The van der Waals surface area contributed by atoms with E-state index in [1.165, 1.54) is 0 Å². The van der Waals surface area contributed by atoms with Gasteiger partial charge in [-0.25, -0.2) is 4.79 Å². The number of H-pyrrole nitrogens is 2. The van der Waals surface area contributed by atoms with E-state index in [0.29, 0.717) is 42.1 Å². The Morgan fingerprint density at radius 2 is 1.91 bits per heavy atom. The molecule has 9 heteroatoms. The Morgan fingerprint density at radius 3 is 2.50 bits per heavy atom. The molecule has 9 nitrogen and oxygen atoms in total. The average molecular weight is 444 g/mol. The van der Waals surface area contributed by atoms with E-state index in [-0.39, 0.29) is 30.3 Å². The molecule has 0 aliphatic carbocycles. The number of hydrogen-bond acceptors (Lipinski definition) is 5. The fourth-order valence-corrected chi connectivity index (χ4v) is 4.35. The molecule has 3 N–H and O–H groups in total. The summed E-state index contributed by atoms with van der Waals surface area (Å²) < 4.78 is 5.11. The summed E-state index contributed by atoms with van der Waals surface area (Å²) >= 11 is 0. The summed E-state index contributed by atoms with van der Waals surface area (Å²) in [5.74, 6) is -0.435. The molecule has 0 saturated carbocycles. The number of aromatic amines is 2. The number of aromatic nitrogens is 3. The van der Waals surface area contributed by atoms with Crippen LogP contribution in [0.1, 0.15) is 70.1 Å². The molecule has 0 aromatic carbocycles. The van der Waals surface area contributed by atoms with Crippen LogP contribution in [-0.4, -0.2) is 57.6 Å². The molecule has 3 rings (SSSR count). The first-order valence-electron chi connectivity index (χ1n) is 11.2. The van der Waals surface area contributed by atoms with Crippen molar-refractivity contribution in [2.75, 3.05) is 19.7 Å². The van der Waals surface area contributed by atoms with Crippen molar-refractivity contribution in [3.63, 3.8) is 0 Å². The molecule has 1 fully saturated rings. The fraction of sp³-hybridized carbons (Fsp3) is 0.565. The lowest BCUT2D eigenvalue weighted by molar-refractivity contribution is -0.126. The zero-order chi connectivity index (χ0) is 23.4. The fourth-order valence-electron chi connectivity index (χ4n) is 4.35. The van der Waals surface area contributed by atoms with E-state index in [9.17, 15) is 14.4 Å². The first kappa shape index (κ1) is 23.6. The molecule has 0 radical (unpaired) electrons. The lowest BCUT2D eigenvalue weighted by Gasteiger charge is -2.34. The van der Waals surface area contributed by atoms with E-state index in [4.69, 9.17) is 4.74 Å². The number of carbonyl (C=O) groups is 3. The van der Waals surface area contributed by atoms with Crippen molar-refractivity contribution in [1.29, 1.82) is 0 Å². The standard InChI is InChI=1S/C23H33N5O4/c1-6-32-23(31)19-14(3)20(26-16(19)5)22(30)28-9-7-17(8-10-28)13(2)21(29)24-11-18-12-25-27-15(18)4/h12-13,17,26H,6-11H2,1-5H3,(H,24,29)(H,25,27). The van der Waals surface area contributed by atoms with Crippen molar-refractivity contribution in [1.82, 2.24) is 25.4 Å². The molecule has 2 aromatic heterocycles. The Morgan fingerprint density at radius 1 is 1.22 bits per heavy atom. The predicted octanol–water partition coefficient (Wildman–Crippen LogP) is 2.64. The molecular weight excluding hydrogens is 410 g/mol. The minimum atomic E-state index is -0.415. The maximum absolute atomic E-state index is 13.1. The van der Waals surface area contributed by atoms with Crippen molar-refractivity contribution < 1.29 is 19.1 Å². The van der Waals surface area contributed by atoms with E-state index in [1.807, 2.05) is 13.8 Å². The molecule has 0 spiro atoms. The monoisotopic (exact) mass is 443 g/mol. The lowest BCUT2D eigenvalue weighted by Crippen LogP contribution is -2.42. The molecule has 1 unspecified atom stereocenters. The number of ether oxygens (including phenoxy) is 1. The molecule has 3 heterocycles. The van der Waals surface area contributed by atoms with Crippen LogP contribution >= 0.6 is 0 Å². The summed E-state index contributed by atoms with van der Waals surface area (Å²) in [6, 6.07) is 0. The van der Waals surface area contributed by atoms with Gasteiger partial charge in [-0.05, 0) is 52.0 Å². The molecule has 1 aliphatic rings.